The lowest BCUT2D eigenvalue weighted by atomic mass is 10.3. The molecule has 2 rings (SSSR count). The molecule has 0 radical (unpaired) electrons. The topological polar surface area (TPSA) is 81.7 Å². The van der Waals surface area contributed by atoms with Crippen LogP contribution in [0.3, 0.4) is 0 Å². The molecule has 0 aliphatic heterocycles. The van der Waals surface area contributed by atoms with E-state index < -0.39 is 0 Å². The average molecular weight is 178 g/mol. The van der Waals surface area contributed by atoms with Crippen LogP contribution in [-0.2, 0) is 7.05 Å². The van der Waals surface area contributed by atoms with Crippen molar-refractivity contribution in [3.63, 3.8) is 0 Å². The summed E-state index contributed by atoms with van der Waals surface area (Å²) in [5, 5.41) is 12.9. The monoisotopic (exact) mass is 178 g/mol. The molecule has 2 aromatic rings. The Morgan fingerprint density at radius 1 is 1.46 bits per heavy atom. The Morgan fingerprint density at radius 2 is 2.23 bits per heavy atom. The molecule has 0 amide bonds. The van der Waals surface area contributed by atoms with Crippen molar-refractivity contribution in [3.8, 4) is 0 Å². The summed E-state index contributed by atoms with van der Waals surface area (Å²) in [5.74, 6) is 5.37. The van der Waals surface area contributed by atoms with Gasteiger partial charge in [-0.3, -0.25) is 5.84 Å². The Labute approximate surface area is 74.7 Å². The van der Waals surface area contributed by atoms with Gasteiger partial charge in [0.25, 0.3) is 0 Å². The van der Waals surface area contributed by atoms with Crippen molar-refractivity contribution in [2.75, 3.05) is 5.43 Å². The van der Waals surface area contributed by atoms with Crippen LogP contribution in [0.25, 0.3) is 11.0 Å². The van der Waals surface area contributed by atoms with Gasteiger partial charge in [0.05, 0.1) is 23.0 Å². The summed E-state index contributed by atoms with van der Waals surface area (Å²) >= 11 is 0. The molecule has 0 saturated carbocycles. The van der Waals surface area contributed by atoms with Gasteiger partial charge in [-0.2, -0.15) is 10.2 Å². The first-order valence-corrected chi connectivity index (χ1v) is 3.85. The first kappa shape index (κ1) is 7.93. The third-order valence-electron chi connectivity index (χ3n) is 1.98. The molecular formula is C7H10N6. The SMILES string of the molecule is Cc1nnc2c(cnn2C)c1NN. The summed E-state index contributed by atoms with van der Waals surface area (Å²) in [4.78, 5) is 0. The second-order valence-electron chi connectivity index (χ2n) is 2.81. The Morgan fingerprint density at radius 3 is 2.92 bits per heavy atom. The molecule has 2 heterocycles. The number of hydrazine groups is 1. The van der Waals surface area contributed by atoms with E-state index in [2.05, 4.69) is 20.7 Å². The fourth-order valence-corrected chi connectivity index (χ4v) is 1.28. The smallest absolute Gasteiger partial charge is 0.182 e. The van der Waals surface area contributed by atoms with Crippen molar-refractivity contribution in [2.24, 2.45) is 12.9 Å². The van der Waals surface area contributed by atoms with E-state index in [-0.39, 0.29) is 0 Å². The molecule has 3 N–H and O–H groups in total. The van der Waals surface area contributed by atoms with E-state index in [4.69, 9.17) is 5.84 Å². The molecular weight excluding hydrogens is 168 g/mol. The minimum Gasteiger partial charge on any atom is -0.322 e. The highest BCUT2D eigenvalue weighted by Gasteiger charge is 2.08. The third kappa shape index (κ3) is 1.03. The largest absolute Gasteiger partial charge is 0.322 e. The molecule has 0 spiro atoms. The molecule has 13 heavy (non-hydrogen) atoms. The van der Waals surface area contributed by atoms with Crippen molar-refractivity contribution in [1.82, 2.24) is 20.0 Å². The van der Waals surface area contributed by atoms with Crippen LogP contribution in [0.1, 0.15) is 5.69 Å². The summed E-state index contributed by atoms with van der Waals surface area (Å²) in [6, 6.07) is 0. The lowest BCUT2D eigenvalue weighted by Gasteiger charge is -2.03. The first-order valence-electron chi connectivity index (χ1n) is 3.85. The molecule has 0 fully saturated rings. The summed E-state index contributed by atoms with van der Waals surface area (Å²) < 4.78 is 1.66. The minimum absolute atomic E-state index is 0.721. The first-order chi connectivity index (χ1) is 6.24. The van der Waals surface area contributed by atoms with Crippen LogP contribution in [-0.4, -0.2) is 20.0 Å². The van der Waals surface area contributed by atoms with Gasteiger partial charge in [-0.25, -0.2) is 4.68 Å². The Balaban J connectivity index is 2.85. The number of fused-ring (bicyclic) bond motifs is 1. The number of aromatic nitrogens is 4. The standard InChI is InChI=1S/C7H10N6/c1-4-6(10-8)5-3-9-13(2)7(5)12-11-4/h3H,8H2,1-2H3,(H,10,12). The maximum absolute atomic E-state index is 5.37. The Hall–Kier alpha value is -1.69. The Bertz CT molecular complexity index is 445. The molecule has 68 valence electrons. The lowest BCUT2D eigenvalue weighted by molar-refractivity contribution is 0.776. The minimum atomic E-state index is 0.721. The van der Waals surface area contributed by atoms with Crippen LogP contribution in [0.5, 0.6) is 0 Å². The van der Waals surface area contributed by atoms with E-state index in [0.29, 0.717) is 0 Å². The molecule has 0 aliphatic rings. The van der Waals surface area contributed by atoms with E-state index in [9.17, 15) is 0 Å². The number of hydrogen-bond donors (Lipinski definition) is 2. The van der Waals surface area contributed by atoms with Crippen molar-refractivity contribution < 1.29 is 0 Å². The average Bonchev–Trinajstić information content (AvgIpc) is 2.48. The van der Waals surface area contributed by atoms with E-state index >= 15 is 0 Å². The maximum Gasteiger partial charge on any atom is 0.182 e. The predicted octanol–water partition coefficient (Wildman–Crippen LogP) is -0.0427. The van der Waals surface area contributed by atoms with Gasteiger partial charge in [-0.15, -0.1) is 5.10 Å². The van der Waals surface area contributed by atoms with Gasteiger partial charge < -0.3 is 5.43 Å². The second-order valence-corrected chi connectivity index (χ2v) is 2.81. The normalized spacial score (nSPS) is 10.7. The molecule has 2 aromatic heterocycles. The zero-order valence-electron chi connectivity index (χ0n) is 7.44. The number of nitrogens with zero attached hydrogens (tertiary/aromatic N) is 4. The zero-order chi connectivity index (χ0) is 9.42. The molecule has 0 unspecified atom stereocenters. The van der Waals surface area contributed by atoms with Gasteiger partial charge in [0.1, 0.15) is 0 Å². The zero-order valence-corrected chi connectivity index (χ0v) is 7.44. The van der Waals surface area contributed by atoms with Crippen molar-refractivity contribution in [3.05, 3.63) is 11.9 Å². The number of hydrogen-bond acceptors (Lipinski definition) is 5. The fourth-order valence-electron chi connectivity index (χ4n) is 1.28. The molecule has 6 nitrogen and oxygen atoms in total. The van der Waals surface area contributed by atoms with Gasteiger partial charge >= 0.3 is 0 Å². The van der Waals surface area contributed by atoms with Gasteiger partial charge in [-0.05, 0) is 6.92 Å². The number of nitrogens with one attached hydrogen (secondary N) is 1. The number of nitrogens with two attached hydrogens (primary N) is 1. The van der Waals surface area contributed by atoms with Crippen molar-refractivity contribution >= 4 is 16.7 Å². The fraction of sp³-hybridized carbons (Fsp3) is 0.286. The predicted molar refractivity (Wildman–Crippen MR) is 48.9 cm³/mol. The number of aryl methyl sites for hydroxylation is 2. The van der Waals surface area contributed by atoms with Crippen LogP contribution in [0.15, 0.2) is 6.20 Å². The molecule has 0 aromatic carbocycles. The van der Waals surface area contributed by atoms with Gasteiger partial charge in [-0.1, -0.05) is 0 Å². The number of anilines is 1. The van der Waals surface area contributed by atoms with Gasteiger partial charge in [0.15, 0.2) is 5.65 Å². The van der Waals surface area contributed by atoms with Crippen LogP contribution in [0, 0.1) is 6.92 Å². The molecule has 0 saturated heterocycles. The van der Waals surface area contributed by atoms with Gasteiger partial charge in [0.2, 0.25) is 0 Å². The van der Waals surface area contributed by atoms with E-state index in [1.807, 2.05) is 14.0 Å². The van der Waals surface area contributed by atoms with E-state index in [1.165, 1.54) is 0 Å². The summed E-state index contributed by atoms with van der Waals surface area (Å²) in [6.07, 6.45) is 1.71. The van der Waals surface area contributed by atoms with Crippen LogP contribution < -0.4 is 11.3 Å². The van der Waals surface area contributed by atoms with Crippen LogP contribution in [0.2, 0.25) is 0 Å². The number of rotatable bonds is 1. The lowest BCUT2D eigenvalue weighted by Crippen LogP contribution is -2.10. The van der Waals surface area contributed by atoms with Gasteiger partial charge in [0, 0.05) is 7.05 Å². The van der Waals surface area contributed by atoms with Crippen molar-refractivity contribution in [2.45, 2.75) is 6.92 Å². The number of nitrogen functional groups attached to an aromatic ring is 1. The highest BCUT2D eigenvalue weighted by molar-refractivity contribution is 5.89. The summed E-state index contributed by atoms with van der Waals surface area (Å²) in [7, 11) is 1.81. The molecule has 0 atom stereocenters. The third-order valence-corrected chi connectivity index (χ3v) is 1.98. The quantitative estimate of drug-likeness (QED) is 0.473. The molecule has 0 aliphatic carbocycles. The molecule has 6 heteroatoms. The van der Waals surface area contributed by atoms with Crippen LogP contribution >= 0.6 is 0 Å². The second kappa shape index (κ2) is 2.67. The highest BCUT2D eigenvalue weighted by Crippen LogP contribution is 2.21. The van der Waals surface area contributed by atoms with E-state index in [0.717, 1.165) is 22.4 Å². The van der Waals surface area contributed by atoms with E-state index in [1.54, 1.807) is 10.9 Å². The maximum atomic E-state index is 5.37. The highest BCUT2D eigenvalue weighted by atomic mass is 15.3. The van der Waals surface area contributed by atoms with Crippen LogP contribution in [0.4, 0.5) is 5.69 Å². The summed E-state index contributed by atoms with van der Waals surface area (Å²) in [5.41, 5.74) is 4.86. The Kier molecular flexibility index (Phi) is 1.63. The molecule has 0 bridgehead atoms. The summed E-state index contributed by atoms with van der Waals surface area (Å²) in [6.45, 7) is 1.84. The van der Waals surface area contributed by atoms with Crippen molar-refractivity contribution in [1.29, 1.82) is 0 Å².